The second kappa shape index (κ2) is 7.44. The first kappa shape index (κ1) is 18.1. The highest BCUT2D eigenvalue weighted by molar-refractivity contribution is 6.10. The van der Waals surface area contributed by atoms with Gasteiger partial charge in [0.15, 0.2) is 0 Å². The first-order valence-electron chi connectivity index (χ1n) is 9.76. The number of aromatic nitrogens is 5. The molecule has 2 N–H and O–H groups in total. The minimum absolute atomic E-state index is 0.142. The summed E-state index contributed by atoms with van der Waals surface area (Å²) < 4.78 is 1.77. The van der Waals surface area contributed by atoms with Crippen molar-refractivity contribution < 1.29 is 0 Å². The van der Waals surface area contributed by atoms with Crippen LogP contribution in [0.25, 0.3) is 32.8 Å². The number of fused-ring (bicyclic) bond motifs is 3. The number of aromatic amines is 1. The van der Waals surface area contributed by atoms with Gasteiger partial charge in [-0.2, -0.15) is 5.10 Å². The molecule has 0 aliphatic carbocycles. The van der Waals surface area contributed by atoms with Crippen molar-refractivity contribution in [1.29, 1.82) is 0 Å². The van der Waals surface area contributed by atoms with E-state index >= 15 is 0 Å². The zero-order chi connectivity index (χ0) is 20.5. The minimum Gasteiger partial charge on any atom is -0.369 e. The molecule has 0 fully saturated rings. The highest BCUT2D eigenvalue weighted by Gasteiger charge is 2.13. The molecule has 0 bridgehead atoms. The number of benzene rings is 1. The summed E-state index contributed by atoms with van der Waals surface area (Å²) >= 11 is 0. The third-order valence-corrected chi connectivity index (χ3v) is 5.21. The fraction of sp³-hybridized carbons (Fsp3) is 0.130. The number of nitrogens with zero attached hydrogens (tertiary/aromatic N) is 4. The SMILES string of the molecule is Cn1cc(-c2ccc3c(NCCc4ccncc4)nc4cc[nH]c(=O)c4c3c2)cn1. The maximum absolute atomic E-state index is 12.6. The van der Waals surface area contributed by atoms with E-state index in [1.165, 1.54) is 5.56 Å². The summed E-state index contributed by atoms with van der Waals surface area (Å²) in [4.78, 5) is 24.2. The van der Waals surface area contributed by atoms with Gasteiger partial charge >= 0.3 is 0 Å². The summed E-state index contributed by atoms with van der Waals surface area (Å²) in [6.07, 6.45) is 9.86. The number of anilines is 1. The molecule has 5 aromatic rings. The molecule has 30 heavy (non-hydrogen) atoms. The van der Waals surface area contributed by atoms with Gasteiger partial charge in [-0.15, -0.1) is 0 Å². The quantitative estimate of drug-likeness (QED) is 0.444. The van der Waals surface area contributed by atoms with Crippen molar-refractivity contribution in [2.75, 3.05) is 11.9 Å². The van der Waals surface area contributed by atoms with Crippen molar-refractivity contribution >= 4 is 27.5 Å². The minimum atomic E-state index is -0.142. The molecule has 0 saturated heterocycles. The Hall–Kier alpha value is -4.00. The topological polar surface area (TPSA) is 88.5 Å². The van der Waals surface area contributed by atoms with Crippen molar-refractivity contribution in [2.24, 2.45) is 7.05 Å². The van der Waals surface area contributed by atoms with Crippen molar-refractivity contribution in [2.45, 2.75) is 6.42 Å². The van der Waals surface area contributed by atoms with E-state index in [4.69, 9.17) is 4.98 Å². The lowest BCUT2D eigenvalue weighted by molar-refractivity contribution is 0.768. The monoisotopic (exact) mass is 396 g/mol. The van der Waals surface area contributed by atoms with Crippen LogP contribution in [0.2, 0.25) is 0 Å². The molecule has 0 spiro atoms. The Morgan fingerprint density at radius 2 is 1.93 bits per heavy atom. The maximum Gasteiger partial charge on any atom is 0.258 e. The molecule has 0 aliphatic heterocycles. The summed E-state index contributed by atoms with van der Waals surface area (Å²) in [5.74, 6) is 0.773. The number of rotatable bonds is 5. The predicted octanol–water partition coefficient (Wildman–Crippen LogP) is 3.53. The van der Waals surface area contributed by atoms with E-state index in [0.29, 0.717) is 10.9 Å². The third kappa shape index (κ3) is 3.30. The van der Waals surface area contributed by atoms with Crippen LogP contribution in [-0.2, 0) is 13.5 Å². The summed E-state index contributed by atoms with van der Waals surface area (Å²) in [5, 5.41) is 10.1. The number of aryl methyl sites for hydroxylation is 1. The Labute approximate surface area is 172 Å². The van der Waals surface area contributed by atoms with Gasteiger partial charge in [0.25, 0.3) is 5.56 Å². The largest absolute Gasteiger partial charge is 0.369 e. The van der Waals surface area contributed by atoms with E-state index in [0.717, 1.165) is 40.7 Å². The van der Waals surface area contributed by atoms with Gasteiger partial charge in [-0.1, -0.05) is 12.1 Å². The Kier molecular flexibility index (Phi) is 4.48. The summed E-state index contributed by atoms with van der Waals surface area (Å²) in [6.45, 7) is 0.727. The van der Waals surface area contributed by atoms with Crippen LogP contribution in [0.3, 0.4) is 0 Å². The fourth-order valence-electron chi connectivity index (χ4n) is 3.72. The van der Waals surface area contributed by atoms with Crippen LogP contribution in [0, 0.1) is 0 Å². The second-order valence-corrected chi connectivity index (χ2v) is 7.22. The number of nitrogens with one attached hydrogen (secondary N) is 2. The molecule has 0 atom stereocenters. The number of hydrogen-bond acceptors (Lipinski definition) is 5. The van der Waals surface area contributed by atoms with E-state index < -0.39 is 0 Å². The molecule has 0 radical (unpaired) electrons. The van der Waals surface area contributed by atoms with Gasteiger partial charge in [0.2, 0.25) is 0 Å². The Bertz CT molecular complexity index is 1400. The van der Waals surface area contributed by atoms with Gasteiger partial charge in [-0.25, -0.2) is 4.98 Å². The molecule has 0 unspecified atom stereocenters. The molecule has 7 nitrogen and oxygen atoms in total. The summed E-state index contributed by atoms with van der Waals surface area (Å²) in [6, 6.07) is 11.9. The molecule has 0 saturated carbocycles. The average Bonchev–Trinajstić information content (AvgIpc) is 3.20. The van der Waals surface area contributed by atoms with Crippen molar-refractivity contribution in [1.82, 2.24) is 24.7 Å². The molecule has 1 aromatic carbocycles. The molecular weight excluding hydrogens is 376 g/mol. The normalized spacial score (nSPS) is 11.2. The third-order valence-electron chi connectivity index (χ3n) is 5.21. The van der Waals surface area contributed by atoms with Crippen LogP contribution in [0.5, 0.6) is 0 Å². The van der Waals surface area contributed by atoms with E-state index in [9.17, 15) is 4.79 Å². The van der Waals surface area contributed by atoms with Crippen LogP contribution in [0.4, 0.5) is 5.82 Å². The van der Waals surface area contributed by atoms with E-state index in [2.05, 4.69) is 20.4 Å². The predicted molar refractivity (Wildman–Crippen MR) is 119 cm³/mol. The van der Waals surface area contributed by atoms with Gasteiger partial charge in [0.05, 0.1) is 17.1 Å². The van der Waals surface area contributed by atoms with Crippen LogP contribution in [-0.4, -0.2) is 31.3 Å². The molecular formula is C23H20N6O. The van der Waals surface area contributed by atoms with Crippen molar-refractivity contribution in [3.63, 3.8) is 0 Å². The number of pyridine rings is 3. The number of hydrogen-bond donors (Lipinski definition) is 2. The van der Waals surface area contributed by atoms with Crippen molar-refractivity contribution in [3.05, 3.63) is 83.3 Å². The number of H-pyrrole nitrogens is 1. The van der Waals surface area contributed by atoms with Gasteiger partial charge in [-0.05, 0) is 41.8 Å². The van der Waals surface area contributed by atoms with Crippen LogP contribution >= 0.6 is 0 Å². The van der Waals surface area contributed by atoms with E-state index in [-0.39, 0.29) is 5.56 Å². The van der Waals surface area contributed by atoms with Gasteiger partial charge in [0.1, 0.15) is 5.82 Å². The van der Waals surface area contributed by atoms with Crippen LogP contribution < -0.4 is 10.9 Å². The zero-order valence-electron chi connectivity index (χ0n) is 16.5. The van der Waals surface area contributed by atoms with Crippen molar-refractivity contribution in [3.8, 4) is 11.1 Å². The van der Waals surface area contributed by atoms with Gasteiger partial charge in [-0.3, -0.25) is 14.5 Å². The molecule has 148 valence electrons. The second-order valence-electron chi connectivity index (χ2n) is 7.22. The lowest BCUT2D eigenvalue weighted by atomic mass is 10.0. The first-order valence-corrected chi connectivity index (χ1v) is 9.76. The molecule has 0 aliphatic rings. The van der Waals surface area contributed by atoms with E-state index in [1.807, 2.05) is 55.8 Å². The lowest BCUT2D eigenvalue weighted by Gasteiger charge is -2.12. The Morgan fingerprint density at radius 3 is 2.73 bits per heavy atom. The van der Waals surface area contributed by atoms with Gasteiger partial charge in [0, 0.05) is 54.7 Å². The zero-order valence-corrected chi connectivity index (χ0v) is 16.5. The smallest absolute Gasteiger partial charge is 0.258 e. The molecule has 5 rings (SSSR count). The molecule has 4 aromatic heterocycles. The highest BCUT2D eigenvalue weighted by Crippen LogP contribution is 2.31. The van der Waals surface area contributed by atoms with E-state index in [1.54, 1.807) is 23.3 Å². The van der Waals surface area contributed by atoms with Gasteiger partial charge < -0.3 is 10.3 Å². The summed E-state index contributed by atoms with van der Waals surface area (Å²) in [5.41, 5.74) is 3.74. The first-order chi connectivity index (χ1) is 14.7. The molecule has 0 amide bonds. The van der Waals surface area contributed by atoms with Crippen LogP contribution in [0.1, 0.15) is 5.56 Å². The Morgan fingerprint density at radius 1 is 1.07 bits per heavy atom. The van der Waals surface area contributed by atoms with Crippen LogP contribution in [0.15, 0.2) is 72.2 Å². The fourth-order valence-corrected chi connectivity index (χ4v) is 3.72. The average molecular weight is 396 g/mol. The summed E-state index contributed by atoms with van der Waals surface area (Å²) in [7, 11) is 1.89. The Balaban J connectivity index is 1.60. The molecule has 4 heterocycles. The lowest BCUT2D eigenvalue weighted by Crippen LogP contribution is -2.10. The molecule has 7 heteroatoms. The highest BCUT2D eigenvalue weighted by atomic mass is 16.1. The standard InChI is InChI=1S/C23H20N6O/c1-29-14-17(13-27-29)16-2-3-18-19(12-16)21-20(7-11-26-23(21)30)28-22(18)25-10-6-15-4-8-24-9-5-15/h2-5,7-9,11-14H,6,10H2,1H3,(H,25,28)(H,26,30). The maximum atomic E-state index is 12.6.